The van der Waals surface area contributed by atoms with Gasteiger partial charge >= 0.3 is 0 Å². The Morgan fingerprint density at radius 1 is 1.07 bits per heavy atom. The first kappa shape index (κ1) is 21.9. The fraction of sp³-hybridized carbons (Fsp3) is 0.440. The van der Waals surface area contributed by atoms with Gasteiger partial charge in [-0.15, -0.1) is 0 Å². The molecule has 0 spiro atoms. The predicted octanol–water partition coefficient (Wildman–Crippen LogP) is 4.97. The summed E-state index contributed by atoms with van der Waals surface area (Å²) >= 11 is 0. The molecule has 1 heterocycles. The van der Waals surface area contributed by atoms with Crippen LogP contribution >= 0.6 is 0 Å². The number of imidazole rings is 1. The van der Waals surface area contributed by atoms with Gasteiger partial charge in [-0.2, -0.15) is 0 Å². The molecule has 0 fully saturated rings. The molecule has 0 unspecified atom stereocenters. The van der Waals surface area contributed by atoms with Gasteiger partial charge in [-0.3, -0.25) is 4.79 Å². The minimum atomic E-state index is 0.126. The van der Waals surface area contributed by atoms with Crippen molar-refractivity contribution in [3.05, 3.63) is 59.4 Å². The van der Waals surface area contributed by atoms with E-state index in [1.54, 1.807) is 0 Å². The number of amides is 1. The van der Waals surface area contributed by atoms with E-state index in [1.807, 2.05) is 19.1 Å². The molecule has 5 nitrogen and oxygen atoms in total. The summed E-state index contributed by atoms with van der Waals surface area (Å²) in [5.74, 6) is 2.15. The van der Waals surface area contributed by atoms with Gasteiger partial charge in [0.25, 0.3) is 0 Å². The van der Waals surface area contributed by atoms with Gasteiger partial charge in [-0.25, -0.2) is 4.98 Å². The third-order valence-corrected chi connectivity index (χ3v) is 5.52. The molecule has 30 heavy (non-hydrogen) atoms. The van der Waals surface area contributed by atoms with Gasteiger partial charge in [0, 0.05) is 19.4 Å². The van der Waals surface area contributed by atoms with Crippen molar-refractivity contribution in [2.75, 3.05) is 13.2 Å². The van der Waals surface area contributed by atoms with Crippen molar-refractivity contribution in [2.24, 2.45) is 0 Å². The minimum Gasteiger partial charge on any atom is -0.492 e. The molecule has 0 saturated heterocycles. The summed E-state index contributed by atoms with van der Waals surface area (Å²) in [5, 5.41) is 2.94. The number of ether oxygens (including phenoxy) is 1. The molecule has 1 aromatic heterocycles. The second-order valence-electron chi connectivity index (χ2n) is 7.78. The standard InChI is InChI=1S/C25H33N3O2/c1-4-25(29)26-15-9-5-6-12-24-27-22-10-7-8-11-23(22)28(24)16-17-30-21-14-13-19(2)20(3)18-21/h7-8,10-11,13-14,18H,4-6,9,12,15-17H2,1-3H3,(H,26,29). The van der Waals surface area contributed by atoms with Gasteiger partial charge < -0.3 is 14.6 Å². The normalized spacial score (nSPS) is 11.0. The molecule has 5 heteroatoms. The predicted molar refractivity (Wildman–Crippen MR) is 122 cm³/mol. The SMILES string of the molecule is CCC(=O)NCCCCCc1nc2ccccc2n1CCOc1ccc(C)c(C)c1. The molecule has 0 saturated carbocycles. The Morgan fingerprint density at radius 2 is 1.90 bits per heavy atom. The molecule has 0 radical (unpaired) electrons. The number of benzene rings is 2. The van der Waals surface area contributed by atoms with Crippen LogP contribution in [-0.2, 0) is 17.8 Å². The number of rotatable bonds is 11. The third kappa shape index (κ3) is 5.85. The number of fused-ring (bicyclic) bond motifs is 1. The average Bonchev–Trinajstić information content (AvgIpc) is 3.10. The van der Waals surface area contributed by atoms with Crippen LogP contribution in [0.4, 0.5) is 0 Å². The van der Waals surface area contributed by atoms with E-state index in [0.29, 0.717) is 13.0 Å². The zero-order valence-electron chi connectivity index (χ0n) is 18.4. The van der Waals surface area contributed by atoms with Crippen LogP contribution in [0, 0.1) is 13.8 Å². The van der Waals surface area contributed by atoms with E-state index in [9.17, 15) is 4.79 Å². The number of para-hydroxylation sites is 2. The number of aromatic nitrogens is 2. The third-order valence-electron chi connectivity index (χ3n) is 5.52. The summed E-state index contributed by atoms with van der Waals surface area (Å²) in [7, 11) is 0. The van der Waals surface area contributed by atoms with Gasteiger partial charge in [-0.1, -0.05) is 31.5 Å². The van der Waals surface area contributed by atoms with Crippen LogP contribution in [0.2, 0.25) is 0 Å². The molecule has 160 valence electrons. The minimum absolute atomic E-state index is 0.126. The maximum atomic E-state index is 11.3. The molecule has 1 N–H and O–H groups in total. The fourth-order valence-electron chi connectivity index (χ4n) is 3.56. The second-order valence-corrected chi connectivity index (χ2v) is 7.78. The van der Waals surface area contributed by atoms with Crippen molar-refractivity contribution in [2.45, 2.75) is 59.4 Å². The smallest absolute Gasteiger partial charge is 0.219 e. The van der Waals surface area contributed by atoms with E-state index < -0.39 is 0 Å². The van der Waals surface area contributed by atoms with Gasteiger partial charge in [0.15, 0.2) is 0 Å². The first-order valence-electron chi connectivity index (χ1n) is 11.0. The van der Waals surface area contributed by atoms with Crippen molar-refractivity contribution < 1.29 is 9.53 Å². The molecule has 3 aromatic rings. The summed E-state index contributed by atoms with van der Waals surface area (Å²) in [4.78, 5) is 16.2. The largest absolute Gasteiger partial charge is 0.492 e. The van der Waals surface area contributed by atoms with E-state index in [-0.39, 0.29) is 5.91 Å². The maximum absolute atomic E-state index is 11.3. The van der Waals surface area contributed by atoms with Crippen molar-refractivity contribution in [1.29, 1.82) is 0 Å². The number of nitrogens with one attached hydrogen (secondary N) is 1. The Labute approximate surface area is 179 Å². The van der Waals surface area contributed by atoms with Crippen molar-refractivity contribution in [1.82, 2.24) is 14.9 Å². The number of aryl methyl sites for hydroxylation is 3. The van der Waals surface area contributed by atoms with E-state index in [4.69, 9.17) is 9.72 Å². The first-order valence-corrected chi connectivity index (χ1v) is 11.0. The Hall–Kier alpha value is -2.82. The Kier molecular flexibility index (Phi) is 7.89. The molecule has 1 amide bonds. The lowest BCUT2D eigenvalue weighted by atomic mass is 10.1. The van der Waals surface area contributed by atoms with Crippen molar-refractivity contribution in [3.63, 3.8) is 0 Å². The second kappa shape index (κ2) is 10.8. The lowest BCUT2D eigenvalue weighted by Crippen LogP contribution is -2.23. The van der Waals surface area contributed by atoms with E-state index in [0.717, 1.165) is 61.4 Å². The van der Waals surface area contributed by atoms with Gasteiger partial charge in [0.1, 0.15) is 18.2 Å². The number of hydrogen-bond acceptors (Lipinski definition) is 3. The van der Waals surface area contributed by atoms with Crippen LogP contribution in [-0.4, -0.2) is 28.6 Å². The summed E-state index contributed by atoms with van der Waals surface area (Å²) in [5.41, 5.74) is 4.72. The molecular weight excluding hydrogens is 374 g/mol. The maximum Gasteiger partial charge on any atom is 0.219 e. The van der Waals surface area contributed by atoms with Gasteiger partial charge in [0.05, 0.1) is 17.6 Å². The molecule has 3 rings (SSSR count). The molecule has 0 bridgehead atoms. The van der Waals surface area contributed by atoms with Crippen molar-refractivity contribution >= 4 is 16.9 Å². The molecule has 2 aromatic carbocycles. The van der Waals surface area contributed by atoms with Crippen molar-refractivity contribution in [3.8, 4) is 5.75 Å². The highest BCUT2D eigenvalue weighted by molar-refractivity contribution is 5.76. The first-order chi connectivity index (χ1) is 14.6. The fourth-order valence-corrected chi connectivity index (χ4v) is 3.56. The molecule has 0 aliphatic heterocycles. The summed E-state index contributed by atoms with van der Waals surface area (Å²) in [6.07, 6.45) is 4.62. The number of hydrogen-bond donors (Lipinski definition) is 1. The zero-order valence-corrected chi connectivity index (χ0v) is 18.4. The Balaban J connectivity index is 1.57. The van der Waals surface area contributed by atoms with Crippen LogP contribution in [0.15, 0.2) is 42.5 Å². The zero-order chi connectivity index (χ0) is 21.3. The lowest BCUT2D eigenvalue weighted by molar-refractivity contribution is -0.120. The summed E-state index contributed by atoms with van der Waals surface area (Å²) in [6.45, 7) is 8.24. The highest BCUT2D eigenvalue weighted by Crippen LogP contribution is 2.19. The van der Waals surface area contributed by atoms with Crippen LogP contribution in [0.3, 0.4) is 0 Å². The highest BCUT2D eigenvalue weighted by atomic mass is 16.5. The molecular formula is C25H33N3O2. The number of nitrogens with zero attached hydrogens (tertiary/aromatic N) is 2. The Bertz CT molecular complexity index is 978. The van der Waals surface area contributed by atoms with Crippen LogP contribution in [0.25, 0.3) is 11.0 Å². The Morgan fingerprint density at radius 3 is 2.70 bits per heavy atom. The van der Waals surface area contributed by atoms with E-state index >= 15 is 0 Å². The van der Waals surface area contributed by atoms with E-state index in [1.165, 1.54) is 11.1 Å². The average molecular weight is 408 g/mol. The topological polar surface area (TPSA) is 56.2 Å². The summed E-state index contributed by atoms with van der Waals surface area (Å²) < 4.78 is 8.31. The molecule has 0 atom stereocenters. The van der Waals surface area contributed by atoms with Gasteiger partial charge in [-0.05, 0) is 62.1 Å². The molecule has 0 aliphatic rings. The van der Waals surface area contributed by atoms with Crippen LogP contribution in [0.1, 0.15) is 49.6 Å². The highest BCUT2D eigenvalue weighted by Gasteiger charge is 2.10. The number of carbonyl (C=O) groups excluding carboxylic acids is 1. The summed E-state index contributed by atoms with van der Waals surface area (Å²) in [6, 6.07) is 14.5. The van der Waals surface area contributed by atoms with Gasteiger partial charge in [0.2, 0.25) is 5.91 Å². The quantitative estimate of drug-likeness (QED) is 0.457. The number of carbonyl (C=O) groups is 1. The van der Waals surface area contributed by atoms with E-state index in [2.05, 4.69) is 54.1 Å². The monoisotopic (exact) mass is 407 g/mol. The number of unbranched alkanes of at least 4 members (excludes halogenated alkanes) is 2. The molecule has 0 aliphatic carbocycles. The lowest BCUT2D eigenvalue weighted by Gasteiger charge is -2.12. The van der Waals surface area contributed by atoms with Crippen LogP contribution in [0.5, 0.6) is 5.75 Å². The van der Waals surface area contributed by atoms with Crippen LogP contribution < -0.4 is 10.1 Å².